The molecule has 0 bridgehead atoms. The molecule has 1 amide bonds. The summed E-state index contributed by atoms with van der Waals surface area (Å²) in [5.41, 5.74) is 2.34. The van der Waals surface area contributed by atoms with Crippen LogP contribution in [0.15, 0.2) is 54.6 Å². The van der Waals surface area contributed by atoms with E-state index >= 15 is 0 Å². The first-order chi connectivity index (χ1) is 14.4. The average Bonchev–Trinajstić information content (AvgIpc) is 2.74. The minimum absolute atomic E-state index is 0.0193. The number of benzene rings is 2. The number of likely N-dealkylation sites (tertiary alicyclic amines) is 1. The summed E-state index contributed by atoms with van der Waals surface area (Å²) in [7, 11) is 0. The Morgan fingerprint density at radius 2 is 1.70 bits per heavy atom. The van der Waals surface area contributed by atoms with E-state index in [1.807, 2.05) is 37.3 Å². The molecule has 0 aliphatic carbocycles. The van der Waals surface area contributed by atoms with E-state index in [0.29, 0.717) is 5.02 Å². The third kappa shape index (κ3) is 6.41. The monoisotopic (exact) mass is 426 g/mol. The number of Topliss-reactive ketones (excluding diaryl/α,β-unsaturated/α-hetero) is 1. The highest BCUT2D eigenvalue weighted by molar-refractivity contribution is 6.30. The first-order valence-electron chi connectivity index (χ1n) is 10.7. The fourth-order valence-electron chi connectivity index (χ4n) is 4.19. The molecule has 2 atom stereocenters. The Morgan fingerprint density at radius 3 is 2.30 bits per heavy atom. The van der Waals surface area contributed by atoms with Gasteiger partial charge in [-0.1, -0.05) is 61.0 Å². The van der Waals surface area contributed by atoms with Gasteiger partial charge in [-0.3, -0.25) is 9.69 Å². The lowest BCUT2D eigenvalue weighted by Crippen LogP contribution is -2.47. The van der Waals surface area contributed by atoms with E-state index in [9.17, 15) is 9.59 Å². The topological polar surface area (TPSA) is 49.4 Å². The summed E-state index contributed by atoms with van der Waals surface area (Å²) in [6.45, 7) is 6.44. The summed E-state index contributed by atoms with van der Waals surface area (Å²) in [6.07, 6.45) is 2.11. The minimum atomic E-state index is -0.369. The molecule has 3 rings (SSSR count). The van der Waals surface area contributed by atoms with E-state index in [-0.39, 0.29) is 36.0 Å². The van der Waals surface area contributed by atoms with Crippen molar-refractivity contribution in [3.8, 4) is 0 Å². The van der Waals surface area contributed by atoms with Gasteiger partial charge >= 0.3 is 0 Å². The van der Waals surface area contributed by atoms with Gasteiger partial charge in [0.05, 0.1) is 5.92 Å². The van der Waals surface area contributed by atoms with Crippen LogP contribution in [0.2, 0.25) is 5.02 Å². The average molecular weight is 427 g/mol. The normalized spacial score (nSPS) is 17.3. The maximum absolute atomic E-state index is 13.1. The summed E-state index contributed by atoms with van der Waals surface area (Å²) in [6, 6.07) is 18.2. The zero-order valence-corrected chi connectivity index (χ0v) is 18.6. The van der Waals surface area contributed by atoms with Crippen LogP contribution in [-0.4, -0.2) is 35.7 Å². The molecule has 1 heterocycles. The Labute approximate surface area is 184 Å². The lowest BCUT2D eigenvalue weighted by Gasteiger charge is -2.33. The van der Waals surface area contributed by atoms with E-state index < -0.39 is 0 Å². The van der Waals surface area contributed by atoms with Crippen LogP contribution in [0.1, 0.15) is 50.2 Å². The Kier molecular flexibility index (Phi) is 8.06. The predicted octanol–water partition coefficient (Wildman–Crippen LogP) is 4.82. The number of ketones is 1. The molecular formula is C25H31ClN2O2. The summed E-state index contributed by atoms with van der Waals surface area (Å²) in [4.78, 5) is 27.4. The smallest absolute Gasteiger partial charge is 0.224 e. The molecule has 1 fully saturated rings. The van der Waals surface area contributed by atoms with Gasteiger partial charge in [0, 0.05) is 37.1 Å². The van der Waals surface area contributed by atoms with E-state index in [1.165, 1.54) is 5.56 Å². The van der Waals surface area contributed by atoms with Gasteiger partial charge in [-0.25, -0.2) is 0 Å². The highest BCUT2D eigenvalue weighted by atomic mass is 35.5. The van der Waals surface area contributed by atoms with E-state index in [4.69, 9.17) is 11.6 Å². The molecule has 0 spiro atoms. The molecule has 2 aromatic carbocycles. The first-order valence-corrected chi connectivity index (χ1v) is 11.1. The largest absolute Gasteiger partial charge is 0.353 e. The molecule has 0 saturated carbocycles. The van der Waals surface area contributed by atoms with Gasteiger partial charge in [0.15, 0.2) is 0 Å². The number of halogens is 1. The second-order valence-electron chi connectivity index (χ2n) is 8.40. The zero-order chi connectivity index (χ0) is 21.5. The molecule has 4 nitrogen and oxygen atoms in total. The molecule has 0 radical (unpaired) electrons. The van der Waals surface area contributed by atoms with Gasteiger partial charge in [0.25, 0.3) is 0 Å². The lowest BCUT2D eigenvalue weighted by molar-refractivity contribution is -0.130. The van der Waals surface area contributed by atoms with Gasteiger partial charge < -0.3 is 10.1 Å². The van der Waals surface area contributed by atoms with Gasteiger partial charge in [-0.15, -0.1) is 0 Å². The highest BCUT2D eigenvalue weighted by Gasteiger charge is 2.30. The third-order valence-electron chi connectivity index (χ3n) is 6.03. The number of hydrogen-bond donors (Lipinski definition) is 1. The van der Waals surface area contributed by atoms with Crippen LogP contribution in [0, 0.1) is 5.92 Å². The van der Waals surface area contributed by atoms with Crippen LogP contribution in [0.4, 0.5) is 0 Å². The van der Waals surface area contributed by atoms with Crippen molar-refractivity contribution in [3.63, 3.8) is 0 Å². The van der Waals surface area contributed by atoms with E-state index in [1.54, 1.807) is 6.92 Å². The van der Waals surface area contributed by atoms with E-state index in [2.05, 4.69) is 34.5 Å². The van der Waals surface area contributed by atoms with Crippen molar-refractivity contribution >= 4 is 23.3 Å². The fraction of sp³-hybridized carbons (Fsp3) is 0.440. The lowest BCUT2D eigenvalue weighted by atomic mass is 9.83. The number of carbonyl (C=O) groups excluding carboxylic acids is 2. The highest BCUT2D eigenvalue weighted by Crippen LogP contribution is 2.29. The number of piperidine rings is 1. The molecule has 1 aliphatic heterocycles. The van der Waals surface area contributed by atoms with Crippen molar-refractivity contribution in [2.24, 2.45) is 5.92 Å². The number of nitrogens with one attached hydrogen (secondary N) is 1. The second-order valence-corrected chi connectivity index (χ2v) is 8.83. The molecule has 1 aliphatic rings. The fourth-order valence-corrected chi connectivity index (χ4v) is 4.32. The minimum Gasteiger partial charge on any atom is -0.353 e. The third-order valence-corrected chi connectivity index (χ3v) is 6.28. The van der Waals surface area contributed by atoms with Gasteiger partial charge in [0.1, 0.15) is 5.78 Å². The molecule has 5 heteroatoms. The molecule has 1 saturated heterocycles. The maximum Gasteiger partial charge on any atom is 0.224 e. The van der Waals surface area contributed by atoms with Crippen molar-refractivity contribution in [1.82, 2.24) is 10.2 Å². The van der Waals surface area contributed by atoms with Crippen molar-refractivity contribution in [1.29, 1.82) is 0 Å². The maximum atomic E-state index is 13.1. The Morgan fingerprint density at radius 1 is 1.07 bits per heavy atom. The summed E-state index contributed by atoms with van der Waals surface area (Å²) >= 11 is 6.00. The van der Waals surface area contributed by atoms with E-state index in [0.717, 1.165) is 38.0 Å². The van der Waals surface area contributed by atoms with Crippen LogP contribution in [0.5, 0.6) is 0 Å². The van der Waals surface area contributed by atoms with Crippen LogP contribution in [-0.2, 0) is 16.1 Å². The Balaban J connectivity index is 1.56. The van der Waals surface area contributed by atoms with Gasteiger partial charge in [-0.05, 0) is 48.9 Å². The Bertz CT molecular complexity index is 830. The molecule has 160 valence electrons. The molecule has 0 unspecified atom stereocenters. The van der Waals surface area contributed by atoms with Crippen molar-refractivity contribution in [3.05, 3.63) is 70.7 Å². The van der Waals surface area contributed by atoms with Gasteiger partial charge in [-0.2, -0.15) is 0 Å². The summed E-state index contributed by atoms with van der Waals surface area (Å²) < 4.78 is 0. The van der Waals surface area contributed by atoms with Gasteiger partial charge in [0.2, 0.25) is 5.91 Å². The standard InChI is InChI=1S/C25H31ClN2O2/c1-18(29)16-24(19(2)21-8-10-22(26)11-9-21)25(30)27-23-12-14-28(15-13-23)17-20-6-4-3-5-7-20/h3-11,19,23-24H,12-17H2,1-2H3,(H,27,30)/t19-,24-/m1/s1. The predicted molar refractivity (Wildman–Crippen MR) is 122 cm³/mol. The van der Waals surface area contributed by atoms with Crippen LogP contribution in [0.3, 0.4) is 0 Å². The van der Waals surface area contributed by atoms with Crippen molar-refractivity contribution < 1.29 is 9.59 Å². The molecule has 2 aromatic rings. The van der Waals surface area contributed by atoms with Crippen molar-refractivity contribution in [2.75, 3.05) is 13.1 Å². The SMILES string of the molecule is CC(=O)C[C@@H](C(=O)NC1CCN(Cc2ccccc2)CC1)[C@H](C)c1ccc(Cl)cc1. The van der Waals surface area contributed by atoms with Crippen LogP contribution >= 0.6 is 11.6 Å². The first kappa shape index (κ1) is 22.5. The van der Waals surface area contributed by atoms with Crippen LogP contribution < -0.4 is 5.32 Å². The molecular weight excluding hydrogens is 396 g/mol. The summed E-state index contributed by atoms with van der Waals surface area (Å²) in [5.74, 6) is -0.404. The number of rotatable bonds is 8. The molecule has 30 heavy (non-hydrogen) atoms. The summed E-state index contributed by atoms with van der Waals surface area (Å²) in [5, 5.41) is 3.89. The zero-order valence-electron chi connectivity index (χ0n) is 17.8. The molecule has 1 N–H and O–H groups in total. The number of amides is 1. The number of carbonyl (C=O) groups is 2. The molecule has 0 aromatic heterocycles. The number of nitrogens with zero attached hydrogens (tertiary/aromatic N) is 1. The number of hydrogen-bond acceptors (Lipinski definition) is 3. The second kappa shape index (κ2) is 10.7. The quantitative estimate of drug-likeness (QED) is 0.658. The Hall–Kier alpha value is -2.17. The van der Waals surface area contributed by atoms with Crippen LogP contribution in [0.25, 0.3) is 0 Å². The van der Waals surface area contributed by atoms with Crippen molar-refractivity contribution in [2.45, 2.75) is 51.6 Å².